The Morgan fingerprint density at radius 2 is 2.09 bits per heavy atom. The number of fused-ring (bicyclic) bond motifs is 1. The van der Waals surface area contributed by atoms with Gasteiger partial charge in [-0.3, -0.25) is 0 Å². The molecule has 0 fully saturated rings. The lowest BCUT2D eigenvalue weighted by Gasteiger charge is -1.85. The summed E-state index contributed by atoms with van der Waals surface area (Å²) in [6.07, 6.45) is 0. The van der Waals surface area contributed by atoms with E-state index in [1.165, 1.54) is 12.1 Å². The highest BCUT2D eigenvalue weighted by molar-refractivity contribution is 14.1. The summed E-state index contributed by atoms with van der Waals surface area (Å²) in [6, 6.07) is 6.29. The largest absolute Gasteiger partial charge is 0.450 e. The second-order valence-electron chi connectivity index (χ2n) is 2.23. The molecule has 0 saturated heterocycles. The van der Waals surface area contributed by atoms with Crippen molar-refractivity contribution in [2.75, 3.05) is 0 Å². The third kappa shape index (κ3) is 1.24. The Bertz CT molecular complexity index is 394. The summed E-state index contributed by atoms with van der Waals surface area (Å²) >= 11 is 2.06. The van der Waals surface area contributed by atoms with Crippen LogP contribution < -0.4 is 0 Å². The molecular weight excluding hydrogens is 258 g/mol. The van der Waals surface area contributed by atoms with E-state index in [9.17, 15) is 4.39 Å². The first-order valence-corrected chi connectivity index (χ1v) is 4.18. The van der Waals surface area contributed by atoms with Crippen molar-refractivity contribution in [2.24, 2.45) is 0 Å². The maximum absolute atomic E-state index is 12.6. The van der Waals surface area contributed by atoms with E-state index in [-0.39, 0.29) is 5.82 Å². The van der Waals surface area contributed by atoms with Gasteiger partial charge in [-0.2, -0.15) is 0 Å². The molecule has 0 amide bonds. The molecular formula is C8H4FIO. The van der Waals surface area contributed by atoms with Gasteiger partial charge in [0.15, 0.2) is 3.77 Å². The van der Waals surface area contributed by atoms with Crippen LogP contribution in [0.3, 0.4) is 0 Å². The lowest BCUT2D eigenvalue weighted by atomic mass is 10.2. The lowest BCUT2D eigenvalue weighted by molar-refractivity contribution is 0.582. The molecule has 0 unspecified atom stereocenters. The fraction of sp³-hybridized carbons (Fsp3) is 0. The monoisotopic (exact) mass is 262 g/mol. The lowest BCUT2D eigenvalue weighted by Crippen LogP contribution is -1.68. The first-order valence-electron chi connectivity index (χ1n) is 3.10. The Balaban J connectivity index is 2.82. The van der Waals surface area contributed by atoms with E-state index >= 15 is 0 Å². The second kappa shape index (κ2) is 2.48. The molecule has 0 aliphatic heterocycles. The highest BCUT2D eigenvalue weighted by Crippen LogP contribution is 2.20. The Kier molecular flexibility index (Phi) is 1.60. The van der Waals surface area contributed by atoms with E-state index in [0.29, 0.717) is 0 Å². The molecule has 0 bridgehead atoms. The maximum Gasteiger partial charge on any atom is 0.165 e. The predicted octanol–water partition coefficient (Wildman–Crippen LogP) is 3.18. The van der Waals surface area contributed by atoms with Gasteiger partial charge in [0.05, 0.1) is 0 Å². The normalized spacial score (nSPS) is 10.7. The van der Waals surface area contributed by atoms with Crippen molar-refractivity contribution in [1.82, 2.24) is 0 Å². The van der Waals surface area contributed by atoms with Gasteiger partial charge in [-0.15, -0.1) is 0 Å². The molecule has 0 atom stereocenters. The highest BCUT2D eigenvalue weighted by atomic mass is 127. The van der Waals surface area contributed by atoms with Crippen LogP contribution in [0.2, 0.25) is 0 Å². The molecule has 1 heterocycles. The molecule has 0 aliphatic rings. The van der Waals surface area contributed by atoms with E-state index in [1.54, 1.807) is 12.1 Å². The topological polar surface area (TPSA) is 13.1 Å². The zero-order valence-electron chi connectivity index (χ0n) is 5.47. The third-order valence-corrected chi connectivity index (χ3v) is 1.98. The fourth-order valence-corrected chi connectivity index (χ4v) is 1.55. The summed E-state index contributed by atoms with van der Waals surface area (Å²) < 4.78 is 18.6. The molecule has 1 aromatic carbocycles. The van der Waals surface area contributed by atoms with Gasteiger partial charge < -0.3 is 4.42 Å². The van der Waals surface area contributed by atoms with Gasteiger partial charge in [0, 0.05) is 5.39 Å². The first kappa shape index (κ1) is 7.09. The van der Waals surface area contributed by atoms with E-state index in [2.05, 4.69) is 22.6 Å². The summed E-state index contributed by atoms with van der Waals surface area (Å²) in [5.41, 5.74) is 0.732. The molecule has 0 saturated carbocycles. The van der Waals surface area contributed by atoms with Gasteiger partial charge in [-0.25, -0.2) is 4.39 Å². The first-order chi connectivity index (χ1) is 5.25. The van der Waals surface area contributed by atoms with Crippen LogP contribution in [0, 0.1) is 9.58 Å². The zero-order valence-corrected chi connectivity index (χ0v) is 7.63. The van der Waals surface area contributed by atoms with Gasteiger partial charge in [-0.05, 0) is 46.9 Å². The van der Waals surface area contributed by atoms with E-state index in [4.69, 9.17) is 4.42 Å². The standard InChI is InChI=1S/C8H4FIO/c9-6-1-2-7-5(3-6)4-8(10)11-7/h1-4H. The molecule has 2 aromatic rings. The zero-order chi connectivity index (χ0) is 7.84. The minimum atomic E-state index is -0.227. The number of hydrogen-bond acceptors (Lipinski definition) is 1. The Morgan fingerprint density at radius 3 is 2.91 bits per heavy atom. The average molecular weight is 262 g/mol. The van der Waals surface area contributed by atoms with Gasteiger partial charge in [0.1, 0.15) is 11.4 Å². The van der Waals surface area contributed by atoms with Crippen LogP contribution in [0.4, 0.5) is 4.39 Å². The maximum atomic E-state index is 12.6. The van der Waals surface area contributed by atoms with Crippen LogP contribution in [-0.2, 0) is 0 Å². The van der Waals surface area contributed by atoms with E-state index in [1.807, 2.05) is 0 Å². The van der Waals surface area contributed by atoms with Crippen molar-refractivity contribution >= 4 is 33.6 Å². The molecule has 3 heteroatoms. The Hall–Kier alpha value is -0.580. The summed E-state index contributed by atoms with van der Waals surface area (Å²) in [6.45, 7) is 0. The summed E-state index contributed by atoms with van der Waals surface area (Å²) in [4.78, 5) is 0. The quantitative estimate of drug-likeness (QED) is 0.664. The second-order valence-corrected chi connectivity index (χ2v) is 3.30. The Labute approximate surface area is 76.3 Å². The third-order valence-electron chi connectivity index (χ3n) is 1.45. The van der Waals surface area contributed by atoms with Crippen molar-refractivity contribution in [1.29, 1.82) is 0 Å². The van der Waals surface area contributed by atoms with Crippen LogP contribution in [0.15, 0.2) is 28.7 Å². The number of halogens is 2. The molecule has 1 aromatic heterocycles. The molecule has 0 aliphatic carbocycles. The average Bonchev–Trinajstić information content (AvgIpc) is 2.27. The van der Waals surface area contributed by atoms with Crippen molar-refractivity contribution < 1.29 is 8.81 Å². The van der Waals surface area contributed by atoms with Gasteiger partial charge in [0.25, 0.3) is 0 Å². The fourth-order valence-electron chi connectivity index (χ4n) is 0.982. The minimum absolute atomic E-state index is 0.227. The van der Waals surface area contributed by atoms with Crippen molar-refractivity contribution in [3.05, 3.63) is 33.8 Å². The van der Waals surface area contributed by atoms with Crippen LogP contribution in [-0.4, -0.2) is 0 Å². The number of rotatable bonds is 0. The predicted molar refractivity (Wildman–Crippen MR) is 48.9 cm³/mol. The molecule has 0 spiro atoms. The SMILES string of the molecule is Fc1ccc2oc(I)cc2c1. The van der Waals surface area contributed by atoms with Crippen LogP contribution in [0.5, 0.6) is 0 Å². The summed E-state index contributed by atoms with van der Waals surface area (Å²) in [5, 5.41) is 0.814. The van der Waals surface area contributed by atoms with E-state index < -0.39 is 0 Å². The van der Waals surface area contributed by atoms with Gasteiger partial charge >= 0.3 is 0 Å². The molecule has 56 valence electrons. The van der Waals surface area contributed by atoms with Crippen molar-refractivity contribution in [3.63, 3.8) is 0 Å². The van der Waals surface area contributed by atoms with Crippen LogP contribution in [0.25, 0.3) is 11.0 Å². The van der Waals surface area contributed by atoms with Crippen LogP contribution >= 0.6 is 22.6 Å². The molecule has 0 N–H and O–H groups in total. The van der Waals surface area contributed by atoms with Gasteiger partial charge in [-0.1, -0.05) is 0 Å². The minimum Gasteiger partial charge on any atom is -0.450 e. The summed E-state index contributed by atoms with van der Waals surface area (Å²) in [5.74, 6) is -0.227. The Morgan fingerprint density at radius 1 is 1.27 bits per heavy atom. The van der Waals surface area contributed by atoms with Crippen molar-refractivity contribution in [2.45, 2.75) is 0 Å². The molecule has 0 radical (unpaired) electrons. The smallest absolute Gasteiger partial charge is 0.165 e. The van der Waals surface area contributed by atoms with Crippen LogP contribution in [0.1, 0.15) is 0 Å². The summed E-state index contributed by atoms with van der Waals surface area (Å²) in [7, 11) is 0. The molecule has 11 heavy (non-hydrogen) atoms. The number of furan rings is 1. The van der Waals surface area contributed by atoms with Gasteiger partial charge in [0.2, 0.25) is 0 Å². The highest BCUT2D eigenvalue weighted by Gasteiger charge is 2.00. The number of benzene rings is 1. The van der Waals surface area contributed by atoms with E-state index in [0.717, 1.165) is 14.7 Å². The number of hydrogen-bond donors (Lipinski definition) is 0. The molecule has 1 nitrogen and oxygen atoms in total. The molecule has 2 rings (SSSR count). The van der Waals surface area contributed by atoms with Crippen molar-refractivity contribution in [3.8, 4) is 0 Å².